The van der Waals surface area contributed by atoms with E-state index in [1.807, 2.05) is 26.4 Å². The first-order valence-electron chi connectivity index (χ1n) is 9.41. The van der Waals surface area contributed by atoms with Crippen LogP contribution in [0, 0.1) is 0 Å². The summed E-state index contributed by atoms with van der Waals surface area (Å²) in [5.74, 6) is 0. The molecule has 0 amide bonds. The molecule has 6 heteroatoms. The van der Waals surface area contributed by atoms with Crippen molar-refractivity contribution in [1.82, 2.24) is 15.2 Å². The van der Waals surface area contributed by atoms with Gasteiger partial charge in [0, 0.05) is 58.4 Å². The van der Waals surface area contributed by atoms with Crippen LogP contribution < -0.4 is 10.2 Å². The number of pyridine rings is 1. The molecular weight excluding hydrogens is 356 g/mol. The van der Waals surface area contributed by atoms with Crippen molar-refractivity contribution in [3.8, 4) is 0 Å². The Morgan fingerprint density at radius 2 is 1.96 bits per heavy atom. The molecule has 5 nitrogen and oxygen atoms in total. The third-order valence-corrected chi connectivity index (χ3v) is 5.12. The van der Waals surface area contributed by atoms with E-state index >= 15 is 0 Å². The van der Waals surface area contributed by atoms with Gasteiger partial charge in [-0.05, 0) is 54.4 Å². The lowest BCUT2D eigenvalue weighted by molar-refractivity contribution is 0.113. The molecular formula is C21H28N4OS. The highest BCUT2D eigenvalue weighted by Crippen LogP contribution is 2.16. The highest BCUT2D eigenvalue weighted by Gasteiger charge is 2.17. The van der Waals surface area contributed by atoms with E-state index in [0.29, 0.717) is 0 Å². The monoisotopic (exact) mass is 384 g/mol. The van der Waals surface area contributed by atoms with Crippen LogP contribution in [0.3, 0.4) is 0 Å². The summed E-state index contributed by atoms with van der Waals surface area (Å²) >= 11 is 5.71. The van der Waals surface area contributed by atoms with Crippen molar-refractivity contribution in [2.75, 3.05) is 32.1 Å². The number of nitrogens with zero attached hydrogens (tertiary/aromatic N) is 3. The lowest BCUT2D eigenvalue weighted by atomic mass is 10.1. The number of thiocarbonyl (C=S) groups is 1. The Hall–Kier alpha value is -2.18. The third-order valence-electron chi connectivity index (χ3n) is 4.71. The summed E-state index contributed by atoms with van der Waals surface area (Å²) in [6.45, 7) is 3.10. The van der Waals surface area contributed by atoms with Crippen LogP contribution in [0.4, 0.5) is 5.69 Å². The number of aromatic nitrogens is 1. The lowest BCUT2D eigenvalue weighted by Crippen LogP contribution is -2.42. The summed E-state index contributed by atoms with van der Waals surface area (Å²) in [5, 5.41) is 4.15. The van der Waals surface area contributed by atoms with Crippen LogP contribution in [-0.2, 0) is 17.8 Å². The maximum Gasteiger partial charge on any atom is 0.169 e. The SMILES string of the molecule is CN(C)c1ccc(CN(Cc2cccnc2)C(=S)NC[C@@H]2CCCO2)cc1. The topological polar surface area (TPSA) is 40.6 Å². The van der Waals surface area contributed by atoms with Crippen molar-refractivity contribution in [2.24, 2.45) is 0 Å². The smallest absolute Gasteiger partial charge is 0.169 e. The number of nitrogens with one attached hydrogen (secondary N) is 1. The molecule has 2 heterocycles. The van der Waals surface area contributed by atoms with Crippen molar-refractivity contribution in [1.29, 1.82) is 0 Å². The highest BCUT2D eigenvalue weighted by atomic mass is 32.1. The fourth-order valence-corrected chi connectivity index (χ4v) is 3.36. The minimum absolute atomic E-state index is 0.266. The van der Waals surface area contributed by atoms with Gasteiger partial charge in [-0.2, -0.15) is 0 Å². The number of ether oxygens (including phenoxy) is 1. The van der Waals surface area contributed by atoms with Crippen molar-refractivity contribution in [2.45, 2.75) is 32.0 Å². The Bertz CT molecular complexity index is 715. The maximum absolute atomic E-state index is 5.71. The second-order valence-corrected chi connectivity index (χ2v) is 7.49. The van der Waals surface area contributed by atoms with Crippen LogP contribution >= 0.6 is 12.2 Å². The predicted octanol–water partition coefficient (Wildman–Crippen LogP) is 3.20. The standard InChI is InChI=1S/C21H28N4OS/c1-24(2)19-9-7-17(8-10-19)15-25(16-18-5-3-11-22-13-18)21(27)23-14-20-6-4-12-26-20/h3,5,7-11,13,20H,4,6,12,14-16H2,1-2H3,(H,23,27)/t20-/m0/s1. The average Bonchev–Trinajstić information content (AvgIpc) is 3.20. The Morgan fingerprint density at radius 3 is 2.59 bits per heavy atom. The summed E-state index contributed by atoms with van der Waals surface area (Å²) in [4.78, 5) is 8.52. The average molecular weight is 385 g/mol. The quantitative estimate of drug-likeness (QED) is 0.740. The van der Waals surface area contributed by atoms with E-state index in [4.69, 9.17) is 17.0 Å². The van der Waals surface area contributed by atoms with Gasteiger partial charge in [0.15, 0.2) is 5.11 Å². The number of anilines is 1. The minimum Gasteiger partial charge on any atom is -0.378 e. The molecule has 0 aliphatic carbocycles. The maximum atomic E-state index is 5.71. The van der Waals surface area contributed by atoms with Gasteiger partial charge < -0.3 is 19.9 Å². The predicted molar refractivity (Wildman–Crippen MR) is 114 cm³/mol. The molecule has 1 atom stereocenters. The fraction of sp³-hybridized carbons (Fsp3) is 0.429. The van der Waals surface area contributed by atoms with Crippen molar-refractivity contribution < 1.29 is 4.74 Å². The van der Waals surface area contributed by atoms with E-state index < -0.39 is 0 Å². The van der Waals surface area contributed by atoms with Crippen LogP contribution in [-0.4, -0.2) is 48.3 Å². The fourth-order valence-electron chi connectivity index (χ4n) is 3.15. The van der Waals surface area contributed by atoms with E-state index in [0.717, 1.165) is 49.8 Å². The number of hydrogen-bond acceptors (Lipinski definition) is 4. The highest BCUT2D eigenvalue weighted by molar-refractivity contribution is 7.80. The molecule has 27 heavy (non-hydrogen) atoms. The van der Waals surface area contributed by atoms with Crippen molar-refractivity contribution in [3.05, 3.63) is 59.9 Å². The van der Waals surface area contributed by atoms with Crippen LogP contribution in [0.1, 0.15) is 24.0 Å². The van der Waals surface area contributed by atoms with Crippen molar-refractivity contribution >= 4 is 23.0 Å². The first-order chi connectivity index (χ1) is 13.1. The molecule has 3 rings (SSSR count). The Morgan fingerprint density at radius 1 is 1.19 bits per heavy atom. The Labute approximate surface area is 167 Å². The second kappa shape index (κ2) is 9.67. The normalized spacial score (nSPS) is 16.1. The molecule has 2 aromatic rings. The minimum atomic E-state index is 0.266. The van der Waals surface area contributed by atoms with Gasteiger partial charge in [-0.15, -0.1) is 0 Å². The summed E-state index contributed by atoms with van der Waals surface area (Å²) in [6, 6.07) is 12.6. The second-order valence-electron chi connectivity index (χ2n) is 7.10. The summed E-state index contributed by atoms with van der Waals surface area (Å²) < 4.78 is 5.70. The molecule has 1 fully saturated rings. The van der Waals surface area contributed by atoms with Crippen molar-refractivity contribution in [3.63, 3.8) is 0 Å². The van der Waals surface area contributed by atoms with E-state index in [1.54, 1.807) is 6.20 Å². The molecule has 0 spiro atoms. The van der Waals surface area contributed by atoms with Crippen LogP contribution in [0.5, 0.6) is 0 Å². The summed E-state index contributed by atoms with van der Waals surface area (Å²) in [7, 11) is 4.10. The molecule has 1 aromatic heterocycles. The first-order valence-corrected chi connectivity index (χ1v) is 9.82. The lowest BCUT2D eigenvalue weighted by Gasteiger charge is -2.27. The zero-order chi connectivity index (χ0) is 19.1. The van der Waals surface area contributed by atoms with Gasteiger partial charge in [-0.25, -0.2) is 0 Å². The molecule has 0 saturated carbocycles. The van der Waals surface area contributed by atoms with Gasteiger partial charge in [0.1, 0.15) is 0 Å². The van der Waals surface area contributed by atoms with E-state index in [2.05, 4.69) is 50.4 Å². The van der Waals surface area contributed by atoms with Crippen LogP contribution in [0.15, 0.2) is 48.8 Å². The molecule has 1 aliphatic heterocycles. The molecule has 0 radical (unpaired) electrons. The largest absolute Gasteiger partial charge is 0.378 e. The zero-order valence-corrected chi connectivity index (χ0v) is 16.9. The molecule has 1 aliphatic rings. The number of rotatable bonds is 7. The van der Waals surface area contributed by atoms with Crippen LogP contribution in [0.2, 0.25) is 0 Å². The molecule has 1 N–H and O–H groups in total. The Kier molecular flexibility index (Phi) is 7.01. The van der Waals surface area contributed by atoms with E-state index in [9.17, 15) is 0 Å². The van der Waals surface area contributed by atoms with Gasteiger partial charge in [-0.3, -0.25) is 4.98 Å². The van der Waals surface area contributed by atoms with Crippen LogP contribution in [0.25, 0.3) is 0 Å². The van der Waals surface area contributed by atoms with E-state index in [-0.39, 0.29) is 6.10 Å². The first kappa shape index (κ1) is 19.6. The van der Waals surface area contributed by atoms with Gasteiger partial charge in [-0.1, -0.05) is 18.2 Å². The van der Waals surface area contributed by atoms with Gasteiger partial charge in [0.05, 0.1) is 6.10 Å². The Balaban J connectivity index is 1.67. The van der Waals surface area contributed by atoms with Gasteiger partial charge >= 0.3 is 0 Å². The summed E-state index contributed by atoms with van der Waals surface area (Å²) in [5.41, 5.74) is 3.56. The molecule has 1 saturated heterocycles. The molecule has 144 valence electrons. The summed E-state index contributed by atoms with van der Waals surface area (Å²) in [6.07, 6.45) is 6.19. The molecule has 1 aromatic carbocycles. The third kappa shape index (κ3) is 5.91. The number of hydrogen-bond donors (Lipinski definition) is 1. The zero-order valence-electron chi connectivity index (χ0n) is 16.1. The van der Waals surface area contributed by atoms with Gasteiger partial charge in [0.25, 0.3) is 0 Å². The van der Waals surface area contributed by atoms with E-state index in [1.165, 1.54) is 11.3 Å². The number of benzene rings is 1. The molecule has 0 bridgehead atoms. The van der Waals surface area contributed by atoms with Gasteiger partial charge in [0.2, 0.25) is 0 Å². The molecule has 0 unspecified atom stereocenters.